The molecule has 0 fully saturated rings. The molecule has 1 aromatic carbocycles. The van der Waals surface area contributed by atoms with E-state index in [-0.39, 0.29) is 17.3 Å². The molecule has 0 radical (unpaired) electrons. The summed E-state index contributed by atoms with van der Waals surface area (Å²) in [5.74, 6) is 2.64. The van der Waals surface area contributed by atoms with Crippen LogP contribution in [0.2, 0.25) is 0 Å². The highest BCUT2D eigenvalue weighted by Crippen LogP contribution is 2.23. The molecule has 0 saturated carbocycles. The molecule has 0 aliphatic carbocycles. The van der Waals surface area contributed by atoms with Crippen LogP contribution in [0.1, 0.15) is 12.0 Å². The summed E-state index contributed by atoms with van der Waals surface area (Å²) in [7, 11) is -3.77. The van der Waals surface area contributed by atoms with Gasteiger partial charge in [-0.25, -0.2) is 13.6 Å². The molecule has 1 aromatic rings. The number of benzene rings is 1. The fourth-order valence-corrected chi connectivity index (χ4v) is 1.93. The van der Waals surface area contributed by atoms with E-state index < -0.39 is 10.0 Å². The quantitative estimate of drug-likeness (QED) is 0.630. The van der Waals surface area contributed by atoms with Gasteiger partial charge in [0, 0.05) is 6.42 Å². The lowest BCUT2D eigenvalue weighted by Crippen LogP contribution is -2.14. The van der Waals surface area contributed by atoms with E-state index in [1.54, 1.807) is 19.1 Å². The minimum Gasteiger partial charge on any atom is -0.491 e. The van der Waals surface area contributed by atoms with E-state index in [1.807, 2.05) is 0 Å². The van der Waals surface area contributed by atoms with Gasteiger partial charge in [-0.2, -0.15) is 0 Å². The van der Waals surface area contributed by atoms with Crippen LogP contribution < -0.4 is 9.88 Å². The number of terminal acetylenes is 1. The molecule has 5 heteroatoms. The van der Waals surface area contributed by atoms with E-state index in [2.05, 4.69) is 5.92 Å². The zero-order valence-electron chi connectivity index (χ0n) is 8.93. The van der Waals surface area contributed by atoms with Crippen molar-refractivity contribution < 1.29 is 13.2 Å². The standard InChI is InChI=1S/C11H13NO3S/c1-3-4-7-15-10-6-5-9(2)8-11(10)16(12,13)14/h1,5-6,8H,4,7H2,2H3,(H2,12,13,14). The Bertz CT molecular complexity index is 515. The van der Waals surface area contributed by atoms with Crippen molar-refractivity contribution in [2.75, 3.05) is 6.61 Å². The van der Waals surface area contributed by atoms with Crippen molar-refractivity contribution in [3.8, 4) is 18.1 Å². The molecule has 0 aliphatic heterocycles. The minimum absolute atomic E-state index is 0.00970. The van der Waals surface area contributed by atoms with Crippen LogP contribution in [0.15, 0.2) is 23.1 Å². The van der Waals surface area contributed by atoms with Gasteiger partial charge in [0.15, 0.2) is 0 Å². The predicted molar refractivity (Wildman–Crippen MR) is 61.5 cm³/mol. The topological polar surface area (TPSA) is 69.4 Å². The molecule has 4 nitrogen and oxygen atoms in total. The Kier molecular flexibility index (Phi) is 3.93. The molecule has 0 amide bonds. The summed E-state index contributed by atoms with van der Waals surface area (Å²) >= 11 is 0. The molecular formula is C11H13NO3S. The summed E-state index contributed by atoms with van der Waals surface area (Å²) in [5.41, 5.74) is 0.799. The lowest BCUT2D eigenvalue weighted by Gasteiger charge is -2.09. The van der Waals surface area contributed by atoms with E-state index in [1.165, 1.54) is 6.07 Å². The van der Waals surface area contributed by atoms with Crippen molar-refractivity contribution in [3.63, 3.8) is 0 Å². The highest BCUT2D eigenvalue weighted by atomic mass is 32.2. The van der Waals surface area contributed by atoms with Gasteiger partial charge in [-0.15, -0.1) is 12.3 Å². The average molecular weight is 239 g/mol. The smallest absolute Gasteiger partial charge is 0.241 e. The van der Waals surface area contributed by atoms with Crippen molar-refractivity contribution in [1.82, 2.24) is 0 Å². The molecule has 0 bridgehead atoms. The zero-order chi connectivity index (χ0) is 12.2. The summed E-state index contributed by atoms with van der Waals surface area (Å²) in [4.78, 5) is -0.00970. The van der Waals surface area contributed by atoms with Gasteiger partial charge in [0.05, 0.1) is 6.61 Å². The average Bonchev–Trinajstić information content (AvgIpc) is 2.19. The van der Waals surface area contributed by atoms with Crippen LogP contribution in [-0.2, 0) is 10.0 Å². The SMILES string of the molecule is C#CCCOc1ccc(C)cc1S(N)(=O)=O. The van der Waals surface area contributed by atoms with E-state index in [9.17, 15) is 8.42 Å². The van der Waals surface area contributed by atoms with Gasteiger partial charge < -0.3 is 4.74 Å². The summed E-state index contributed by atoms with van der Waals surface area (Å²) < 4.78 is 27.8. The second-order valence-corrected chi connectivity index (χ2v) is 4.83. The van der Waals surface area contributed by atoms with Crippen LogP contribution >= 0.6 is 0 Å². The third-order valence-electron chi connectivity index (χ3n) is 1.91. The highest BCUT2D eigenvalue weighted by Gasteiger charge is 2.15. The van der Waals surface area contributed by atoms with Gasteiger partial charge in [-0.3, -0.25) is 0 Å². The van der Waals surface area contributed by atoms with Crippen molar-refractivity contribution in [2.24, 2.45) is 5.14 Å². The summed E-state index contributed by atoms with van der Waals surface area (Å²) in [5, 5.41) is 5.08. The monoisotopic (exact) mass is 239 g/mol. The van der Waals surface area contributed by atoms with Gasteiger partial charge in [0.1, 0.15) is 10.6 Å². The van der Waals surface area contributed by atoms with Crippen LogP contribution in [-0.4, -0.2) is 15.0 Å². The largest absolute Gasteiger partial charge is 0.491 e. The molecule has 86 valence electrons. The van der Waals surface area contributed by atoms with Crippen molar-refractivity contribution in [2.45, 2.75) is 18.2 Å². The van der Waals surface area contributed by atoms with E-state index in [4.69, 9.17) is 16.3 Å². The number of primary sulfonamides is 1. The molecule has 1 rings (SSSR count). The summed E-state index contributed by atoms with van der Waals surface area (Å²) in [6.45, 7) is 2.04. The van der Waals surface area contributed by atoms with Gasteiger partial charge >= 0.3 is 0 Å². The van der Waals surface area contributed by atoms with E-state index in [0.717, 1.165) is 5.56 Å². The lowest BCUT2D eigenvalue weighted by molar-refractivity contribution is 0.318. The molecule has 16 heavy (non-hydrogen) atoms. The third-order valence-corrected chi connectivity index (χ3v) is 2.84. The Labute approximate surface area is 95.5 Å². The van der Waals surface area contributed by atoms with Crippen LogP contribution in [0.4, 0.5) is 0 Å². The molecule has 2 N–H and O–H groups in total. The molecule has 0 saturated heterocycles. The molecule has 0 spiro atoms. The fraction of sp³-hybridized carbons (Fsp3) is 0.273. The minimum atomic E-state index is -3.77. The Balaban J connectivity index is 3.05. The molecule has 0 aliphatic rings. The first-order valence-electron chi connectivity index (χ1n) is 4.65. The second-order valence-electron chi connectivity index (χ2n) is 3.30. The maximum Gasteiger partial charge on any atom is 0.241 e. The molecule has 0 aromatic heterocycles. The van der Waals surface area contributed by atoms with Crippen molar-refractivity contribution >= 4 is 10.0 Å². The number of rotatable bonds is 4. The Morgan fingerprint density at radius 3 is 2.75 bits per heavy atom. The Hall–Kier alpha value is -1.51. The first-order valence-corrected chi connectivity index (χ1v) is 6.19. The maximum absolute atomic E-state index is 11.3. The van der Waals surface area contributed by atoms with Gasteiger partial charge in [0.2, 0.25) is 10.0 Å². The normalized spacial score (nSPS) is 10.8. The summed E-state index contributed by atoms with van der Waals surface area (Å²) in [6.07, 6.45) is 5.48. The zero-order valence-corrected chi connectivity index (χ0v) is 9.75. The first-order chi connectivity index (χ1) is 7.45. The van der Waals surface area contributed by atoms with Crippen LogP contribution in [0.5, 0.6) is 5.75 Å². The highest BCUT2D eigenvalue weighted by molar-refractivity contribution is 7.89. The van der Waals surface area contributed by atoms with Gasteiger partial charge in [0.25, 0.3) is 0 Å². The molecular weight excluding hydrogens is 226 g/mol. The number of hydrogen-bond donors (Lipinski definition) is 1. The number of aryl methyl sites for hydroxylation is 1. The summed E-state index contributed by atoms with van der Waals surface area (Å²) in [6, 6.07) is 4.80. The lowest BCUT2D eigenvalue weighted by atomic mass is 10.2. The Morgan fingerprint density at radius 1 is 1.50 bits per heavy atom. The van der Waals surface area contributed by atoms with Crippen LogP contribution in [0.25, 0.3) is 0 Å². The number of nitrogens with two attached hydrogens (primary N) is 1. The predicted octanol–water partition coefficient (Wildman–Crippen LogP) is 1.04. The number of hydrogen-bond acceptors (Lipinski definition) is 3. The molecule has 0 unspecified atom stereocenters. The molecule has 0 atom stereocenters. The maximum atomic E-state index is 11.3. The van der Waals surface area contributed by atoms with Crippen LogP contribution in [0.3, 0.4) is 0 Å². The van der Waals surface area contributed by atoms with Crippen LogP contribution in [0, 0.1) is 19.3 Å². The number of ether oxygens (including phenoxy) is 1. The van der Waals surface area contributed by atoms with Gasteiger partial charge in [-0.1, -0.05) is 6.07 Å². The fourth-order valence-electron chi connectivity index (χ4n) is 1.18. The molecule has 0 heterocycles. The van der Waals surface area contributed by atoms with Crippen molar-refractivity contribution in [3.05, 3.63) is 23.8 Å². The first kappa shape index (κ1) is 12.6. The van der Waals surface area contributed by atoms with E-state index in [0.29, 0.717) is 6.42 Å². The third kappa shape index (κ3) is 3.26. The Morgan fingerprint density at radius 2 is 2.19 bits per heavy atom. The van der Waals surface area contributed by atoms with Gasteiger partial charge in [-0.05, 0) is 24.6 Å². The van der Waals surface area contributed by atoms with E-state index >= 15 is 0 Å². The second kappa shape index (κ2) is 5.01. The van der Waals surface area contributed by atoms with Crippen molar-refractivity contribution in [1.29, 1.82) is 0 Å². The number of sulfonamides is 1.